The lowest BCUT2D eigenvalue weighted by Crippen LogP contribution is -2.43. The molecule has 2 fully saturated rings. The van der Waals surface area contributed by atoms with E-state index in [0.29, 0.717) is 30.7 Å². The van der Waals surface area contributed by atoms with Crippen LogP contribution < -0.4 is 0 Å². The van der Waals surface area contributed by atoms with E-state index in [1.165, 1.54) is 12.0 Å². The number of benzene rings is 2. The van der Waals surface area contributed by atoms with Gasteiger partial charge in [-0.1, -0.05) is 0 Å². The molecule has 246 valence electrons. The summed E-state index contributed by atoms with van der Waals surface area (Å²) in [7, 11) is 3.51. The Morgan fingerprint density at radius 2 is 1.00 bits per heavy atom. The van der Waals surface area contributed by atoms with Crippen LogP contribution in [0.25, 0.3) is 0 Å². The van der Waals surface area contributed by atoms with Gasteiger partial charge in [0.1, 0.15) is 11.6 Å². The highest BCUT2D eigenvalue weighted by atomic mass is 19.2. The molecule has 2 aromatic carbocycles. The zero-order chi connectivity index (χ0) is 33.6. The number of nitrogens with zero attached hydrogens (tertiary/aromatic N) is 2. The Morgan fingerprint density at radius 1 is 0.622 bits per heavy atom. The van der Waals surface area contributed by atoms with Gasteiger partial charge in [0, 0.05) is 36.3 Å². The van der Waals surface area contributed by atoms with E-state index in [0.717, 1.165) is 19.1 Å². The number of halogens is 6. The molecule has 4 rings (SSSR count). The van der Waals surface area contributed by atoms with Gasteiger partial charge in [-0.2, -0.15) is 0 Å². The van der Waals surface area contributed by atoms with Crippen LogP contribution in [0, 0.1) is 46.7 Å². The van der Waals surface area contributed by atoms with Gasteiger partial charge in [0.05, 0.1) is 45.2 Å². The number of rotatable bonds is 4. The summed E-state index contributed by atoms with van der Waals surface area (Å²) in [6, 6.07) is 0.167. The molecule has 10 nitrogen and oxygen atoms in total. The van der Waals surface area contributed by atoms with E-state index in [-0.39, 0.29) is 43.5 Å². The summed E-state index contributed by atoms with van der Waals surface area (Å²) in [5, 5.41) is 9.09. The van der Waals surface area contributed by atoms with E-state index in [4.69, 9.17) is 5.11 Å². The third-order valence-electron chi connectivity index (χ3n) is 7.70. The molecule has 2 aliphatic heterocycles. The van der Waals surface area contributed by atoms with Crippen LogP contribution in [0.1, 0.15) is 48.9 Å². The molecule has 4 atom stereocenters. The van der Waals surface area contributed by atoms with Crippen molar-refractivity contribution in [1.29, 1.82) is 0 Å². The minimum atomic E-state index is -1.35. The third-order valence-corrected chi connectivity index (χ3v) is 7.70. The molecule has 0 aliphatic carbocycles. The third kappa shape index (κ3) is 7.97. The summed E-state index contributed by atoms with van der Waals surface area (Å²) in [4.78, 5) is 48.8. The summed E-state index contributed by atoms with van der Waals surface area (Å²) in [6.07, 6.45) is -1.10. The van der Waals surface area contributed by atoms with E-state index < -0.39 is 82.9 Å². The first kappa shape index (κ1) is 35.0. The van der Waals surface area contributed by atoms with Gasteiger partial charge in [0.2, 0.25) is 0 Å². The Balaban J connectivity index is 0.000000246. The van der Waals surface area contributed by atoms with Crippen molar-refractivity contribution in [3.05, 3.63) is 70.3 Å². The number of ether oxygens (including phenoxy) is 3. The molecule has 45 heavy (non-hydrogen) atoms. The molecule has 16 heteroatoms. The number of likely N-dealkylation sites (tertiary alicyclic amines) is 2. The smallest absolute Gasteiger partial charge is 0.409 e. The highest BCUT2D eigenvalue weighted by Gasteiger charge is 2.39. The highest BCUT2D eigenvalue weighted by Crippen LogP contribution is 2.38. The molecule has 0 aromatic heterocycles. The van der Waals surface area contributed by atoms with Crippen LogP contribution in [0.5, 0.6) is 0 Å². The maximum Gasteiger partial charge on any atom is 0.409 e. The van der Waals surface area contributed by atoms with Gasteiger partial charge in [-0.3, -0.25) is 9.59 Å². The molecule has 2 aliphatic rings. The van der Waals surface area contributed by atoms with Gasteiger partial charge in [-0.15, -0.1) is 0 Å². The fraction of sp³-hybridized carbons (Fsp3) is 0.448. The van der Waals surface area contributed by atoms with Gasteiger partial charge in [-0.25, -0.2) is 35.9 Å². The van der Waals surface area contributed by atoms with Gasteiger partial charge < -0.3 is 29.1 Å². The average Bonchev–Trinajstić information content (AvgIpc) is 3.03. The summed E-state index contributed by atoms with van der Waals surface area (Å²) in [5.41, 5.74) is -0.474. The second-order valence-corrected chi connectivity index (χ2v) is 10.2. The number of carboxylic acids is 1. The summed E-state index contributed by atoms with van der Waals surface area (Å²) in [6.45, 7) is 0.127. The van der Waals surface area contributed by atoms with Crippen LogP contribution in [0.3, 0.4) is 0 Å². The second kappa shape index (κ2) is 15.0. The zero-order valence-corrected chi connectivity index (χ0v) is 24.3. The fourth-order valence-electron chi connectivity index (χ4n) is 5.38. The van der Waals surface area contributed by atoms with Crippen molar-refractivity contribution < 1.29 is 64.8 Å². The van der Waals surface area contributed by atoms with Gasteiger partial charge in [0.15, 0.2) is 23.3 Å². The quantitative estimate of drug-likeness (QED) is 0.200. The van der Waals surface area contributed by atoms with Crippen LogP contribution in [-0.4, -0.2) is 73.5 Å². The van der Waals surface area contributed by atoms with Crippen LogP contribution in [0.2, 0.25) is 0 Å². The maximum absolute atomic E-state index is 14.1. The Hall–Kier alpha value is -4.50. The molecule has 0 spiro atoms. The molecule has 2 heterocycles. The normalized spacial score (nSPS) is 21.3. The highest BCUT2D eigenvalue weighted by molar-refractivity contribution is 5.74. The molecule has 0 saturated carbocycles. The Kier molecular flexibility index (Phi) is 11.7. The predicted octanol–water partition coefficient (Wildman–Crippen LogP) is 5.50. The van der Waals surface area contributed by atoms with Crippen LogP contribution in [0.4, 0.5) is 35.9 Å². The first-order valence-electron chi connectivity index (χ1n) is 13.5. The minimum Gasteiger partial charge on any atom is -0.481 e. The van der Waals surface area contributed by atoms with Crippen molar-refractivity contribution >= 4 is 24.1 Å². The zero-order valence-electron chi connectivity index (χ0n) is 24.3. The number of carboxylic acid groups (broad SMARTS) is 1. The number of aliphatic carboxylic acids is 1. The van der Waals surface area contributed by atoms with Gasteiger partial charge in [0.25, 0.3) is 0 Å². The first-order valence-corrected chi connectivity index (χ1v) is 13.5. The molecule has 0 radical (unpaired) electrons. The number of carbonyl (C=O) groups is 4. The molecule has 2 aromatic rings. The van der Waals surface area contributed by atoms with E-state index in [1.54, 1.807) is 0 Å². The van der Waals surface area contributed by atoms with Crippen molar-refractivity contribution in [1.82, 2.24) is 9.80 Å². The van der Waals surface area contributed by atoms with Crippen molar-refractivity contribution in [3.8, 4) is 0 Å². The van der Waals surface area contributed by atoms with Crippen LogP contribution in [0.15, 0.2) is 24.3 Å². The number of carbonyl (C=O) groups excluding carboxylic acids is 3. The van der Waals surface area contributed by atoms with E-state index in [9.17, 15) is 45.5 Å². The number of methoxy groups -OCH3 is 3. The van der Waals surface area contributed by atoms with E-state index in [1.807, 2.05) is 0 Å². The SMILES string of the molecule is COC(=O)C1CCN(C(=O)OC)C(c2cc(F)c(F)cc2F)C1.COC(=O)N1CCC(C(=O)O)CC1c1cc(F)c(F)cc1F. The average molecular weight is 649 g/mol. The number of hydrogen-bond acceptors (Lipinski definition) is 7. The first-order chi connectivity index (χ1) is 21.2. The largest absolute Gasteiger partial charge is 0.481 e. The molecule has 2 saturated heterocycles. The second-order valence-electron chi connectivity index (χ2n) is 10.2. The standard InChI is InChI=1S/C15H16F3NO4.C14H14F3NO4/c1-22-14(20)8-3-4-19(15(21)23-2)13(5-8)9-6-11(17)12(18)7-10(9)16;1-22-14(21)18-3-2-7(13(19)20)4-12(18)8-5-10(16)11(17)6-9(8)15/h6-8,13H,3-5H2,1-2H3;5-7,12H,2-4H2,1H3,(H,19,20). The van der Waals surface area contributed by atoms with Crippen LogP contribution >= 0.6 is 0 Å². The summed E-state index contributed by atoms with van der Waals surface area (Å²) >= 11 is 0. The van der Waals surface area contributed by atoms with Crippen molar-refractivity contribution in [2.45, 2.75) is 37.8 Å². The molecule has 2 amide bonds. The number of amides is 2. The lowest BCUT2D eigenvalue weighted by molar-refractivity contribution is -0.147. The molecular weight excluding hydrogens is 618 g/mol. The number of piperidine rings is 2. The molecular formula is C29H30F6N2O8. The van der Waals surface area contributed by atoms with Crippen molar-refractivity contribution in [2.24, 2.45) is 11.8 Å². The minimum absolute atomic E-state index is 0.0206. The number of esters is 1. The lowest BCUT2D eigenvalue weighted by atomic mass is 9.87. The summed E-state index contributed by atoms with van der Waals surface area (Å²) < 4.78 is 94.9. The van der Waals surface area contributed by atoms with E-state index >= 15 is 0 Å². The Morgan fingerprint density at radius 3 is 1.38 bits per heavy atom. The lowest BCUT2D eigenvalue weighted by Gasteiger charge is -2.37. The number of hydrogen-bond donors (Lipinski definition) is 1. The van der Waals surface area contributed by atoms with Crippen LogP contribution in [-0.2, 0) is 23.8 Å². The Labute approximate surface area is 253 Å². The molecule has 4 unspecified atom stereocenters. The molecule has 1 N–H and O–H groups in total. The topological polar surface area (TPSA) is 123 Å². The monoisotopic (exact) mass is 648 g/mol. The van der Waals surface area contributed by atoms with Crippen molar-refractivity contribution in [3.63, 3.8) is 0 Å². The maximum atomic E-state index is 14.1. The molecule has 0 bridgehead atoms. The van der Waals surface area contributed by atoms with Crippen molar-refractivity contribution in [2.75, 3.05) is 34.4 Å². The van der Waals surface area contributed by atoms with Gasteiger partial charge >= 0.3 is 24.1 Å². The van der Waals surface area contributed by atoms with E-state index in [2.05, 4.69) is 14.2 Å². The van der Waals surface area contributed by atoms with Gasteiger partial charge in [-0.05, 0) is 37.8 Å². The fourth-order valence-corrected chi connectivity index (χ4v) is 5.38. The Bertz CT molecular complexity index is 1440. The summed E-state index contributed by atoms with van der Waals surface area (Å²) in [5.74, 6) is -10.2. The predicted molar refractivity (Wildman–Crippen MR) is 141 cm³/mol.